The molecule has 1 aliphatic rings. The van der Waals surface area contributed by atoms with E-state index in [1.807, 2.05) is 0 Å². The maximum absolute atomic E-state index is 12.5. The van der Waals surface area contributed by atoms with Crippen molar-refractivity contribution in [1.29, 1.82) is 0 Å². The molecule has 10 nitrogen and oxygen atoms in total. The van der Waals surface area contributed by atoms with Gasteiger partial charge in [0.15, 0.2) is 5.84 Å². The molecule has 0 saturated carbocycles. The first-order valence-corrected chi connectivity index (χ1v) is 8.95. The van der Waals surface area contributed by atoms with Crippen molar-refractivity contribution in [1.82, 2.24) is 10.6 Å². The molecule has 1 aliphatic heterocycles. The molecular formula is C18H25N5O5. The summed E-state index contributed by atoms with van der Waals surface area (Å²) >= 11 is 0. The van der Waals surface area contributed by atoms with Crippen LogP contribution in [0.2, 0.25) is 0 Å². The molecule has 10 heteroatoms. The van der Waals surface area contributed by atoms with E-state index in [-0.39, 0.29) is 30.8 Å². The summed E-state index contributed by atoms with van der Waals surface area (Å²) in [5.41, 5.74) is 6.70. The Bertz CT molecular complexity index is 747. The molecule has 1 aromatic rings. The van der Waals surface area contributed by atoms with Gasteiger partial charge in [-0.3, -0.25) is 9.59 Å². The van der Waals surface area contributed by atoms with Crippen LogP contribution < -0.4 is 21.3 Å². The van der Waals surface area contributed by atoms with Crippen LogP contribution >= 0.6 is 0 Å². The van der Waals surface area contributed by atoms with E-state index in [2.05, 4.69) is 15.8 Å². The first kappa shape index (κ1) is 21.0. The summed E-state index contributed by atoms with van der Waals surface area (Å²) in [6.45, 7) is 4.07. The molecule has 0 bridgehead atoms. The standard InChI is InChI=1S/C18H25N5O5/c1-11(2)28-15(24)7-9-20-18(26)21-14-8-10-23(17(14)25)13-5-3-12(4-6-13)16(19)22-27/h3-6,11,14,27H,7-10H2,1-2H3,(H2,19,22)(H2,20,21,26). The highest BCUT2D eigenvalue weighted by atomic mass is 16.5. The maximum Gasteiger partial charge on any atom is 0.315 e. The molecule has 28 heavy (non-hydrogen) atoms. The van der Waals surface area contributed by atoms with E-state index in [0.29, 0.717) is 24.2 Å². The van der Waals surface area contributed by atoms with Gasteiger partial charge in [-0.05, 0) is 44.5 Å². The Balaban J connectivity index is 1.83. The number of nitrogens with one attached hydrogen (secondary N) is 2. The molecule has 5 N–H and O–H groups in total. The summed E-state index contributed by atoms with van der Waals surface area (Å²) < 4.78 is 4.98. The summed E-state index contributed by atoms with van der Waals surface area (Å²) in [4.78, 5) is 37.5. The lowest BCUT2D eigenvalue weighted by atomic mass is 10.2. The number of hydrogen-bond acceptors (Lipinski definition) is 6. The lowest BCUT2D eigenvalue weighted by molar-refractivity contribution is -0.147. The van der Waals surface area contributed by atoms with Gasteiger partial charge in [-0.2, -0.15) is 0 Å². The third kappa shape index (κ3) is 5.60. The second-order valence-electron chi connectivity index (χ2n) is 6.55. The van der Waals surface area contributed by atoms with Crippen LogP contribution in [0.15, 0.2) is 29.4 Å². The van der Waals surface area contributed by atoms with Gasteiger partial charge in [-0.15, -0.1) is 0 Å². The summed E-state index contributed by atoms with van der Waals surface area (Å²) in [6.07, 6.45) is 0.317. The van der Waals surface area contributed by atoms with Gasteiger partial charge in [0.25, 0.3) is 0 Å². The highest BCUT2D eigenvalue weighted by molar-refractivity contribution is 6.02. The minimum absolute atomic E-state index is 0.0206. The minimum atomic E-state index is -0.647. The van der Waals surface area contributed by atoms with Crippen molar-refractivity contribution < 1.29 is 24.3 Å². The summed E-state index contributed by atoms with van der Waals surface area (Å²) in [5.74, 6) is -0.646. The number of nitrogens with two attached hydrogens (primary N) is 1. The molecule has 2 rings (SSSR count). The van der Waals surface area contributed by atoms with Crippen LogP contribution in [0.3, 0.4) is 0 Å². The molecule has 1 heterocycles. The Kier molecular flexibility index (Phi) is 7.19. The number of rotatable bonds is 7. The molecule has 1 fully saturated rings. The van der Waals surface area contributed by atoms with Gasteiger partial charge in [-0.25, -0.2) is 4.79 Å². The van der Waals surface area contributed by atoms with Gasteiger partial charge < -0.3 is 31.2 Å². The zero-order chi connectivity index (χ0) is 20.7. The van der Waals surface area contributed by atoms with Crippen molar-refractivity contribution in [2.75, 3.05) is 18.0 Å². The van der Waals surface area contributed by atoms with Crippen molar-refractivity contribution in [3.05, 3.63) is 29.8 Å². The third-order valence-corrected chi connectivity index (χ3v) is 4.08. The molecule has 0 aromatic heterocycles. The number of esters is 1. The van der Waals surface area contributed by atoms with Gasteiger partial charge in [0, 0.05) is 24.3 Å². The van der Waals surface area contributed by atoms with Gasteiger partial charge in [0.05, 0.1) is 12.5 Å². The van der Waals surface area contributed by atoms with Crippen molar-refractivity contribution >= 4 is 29.4 Å². The fraction of sp³-hybridized carbons (Fsp3) is 0.444. The molecular weight excluding hydrogens is 366 g/mol. The topological polar surface area (TPSA) is 146 Å². The number of carbonyl (C=O) groups is 3. The Labute approximate surface area is 162 Å². The summed E-state index contributed by atoms with van der Waals surface area (Å²) in [5, 5.41) is 16.8. The normalized spacial score (nSPS) is 17.0. The van der Waals surface area contributed by atoms with Crippen LogP contribution in [0.4, 0.5) is 10.5 Å². The number of oxime groups is 1. The van der Waals surface area contributed by atoms with Crippen molar-refractivity contribution in [2.45, 2.75) is 38.8 Å². The predicted molar refractivity (Wildman–Crippen MR) is 102 cm³/mol. The molecule has 3 amide bonds. The van der Waals surface area contributed by atoms with Gasteiger partial charge >= 0.3 is 12.0 Å². The lowest BCUT2D eigenvalue weighted by Crippen LogP contribution is -2.46. The van der Waals surface area contributed by atoms with E-state index in [4.69, 9.17) is 15.7 Å². The maximum atomic E-state index is 12.5. The van der Waals surface area contributed by atoms with Crippen molar-refractivity contribution in [2.24, 2.45) is 10.9 Å². The summed E-state index contributed by atoms with van der Waals surface area (Å²) in [7, 11) is 0. The van der Waals surface area contributed by atoms with E-state index in [1.165, 1.54) is 0 Å². The Morgan fingerprint density at radius 3 is 2.64 bits per heavy atom. The third-order valence-electron chi connectivity index (χ3n) is 4.08. The monoisotopic (exact) mass is 391 g/mol. The van der Waals surface area contributed by atoms with Gasteiger partial charge in [0.2, 0.25) is 5.91 Å². The number of benzene rings is 1. The largest absolute Gasteiger partial charge is 0.463 e. The Hall–Kier alpha value is -3.30. The zero-order valence-electron chi connectivity index (χ0n) is 15.8. The number of amides is 3. The molecule has 0 spiro atoms. The fourth-order valence-corrected chi connectivity index (χ4v) is 2.75. The molecule has 1 atom stereocenters. The van der Waals surface area contributed by atoms with Crippen molar-refractivity contribution in [3.63, 3.8) is 0 Å². The number of nitrogens with zero attached hydrogens (tertiary/aromatic N) is 2. The van der Waals surface area contributed by atoms with E-state index in [9.17, 15) is 14.4 Å². The lowest BCUT2D eigenvalue weighted by Gasteiger charge is -2.18. The van der Waals surface area contributed by atoms with Crippen LogP contribution in [0.5, 0.6) is 0 Å². The van der Waals surface area contributed by atoms with Crippen LogP contribution in [0.25, 0.3) is 0 Å². The molecule has 1 aromatic carbocycles. The van der Waals surface area contributed by atoms with Crippen LogP contribution in [0.1, 0.15) is 32.3 Å². The zero-order valence-corrected chi connectivity index (χ0v) is 15.8. The van der Waals surface area contributed by atoms with E-state index in [1.54, 1.807) is 43.0 Å². The van der Waals surface area contributed by atoms with Crippen LogP contribution in [-0.4, -0.2) is 54.2 Å². The fourth-order valence-electron chi connectivity index (χ4n) is 2.75. The first-order valence-electron chi connectivity index (χ1n) is 8.95. The number of anilines is 1. The number of ether oxygens (including phenoxy) is 1. The highest BCUT2D eigenvalue weighted by Gasteiger charge is 2.33. The summed E-state index contributed by atoms with van der Waals surface area (Å²) in [6, 6.07) is 5.50. The van der Waals surface area contributed by atoms with Crippen LogP contribution in [0, 0.1) is 0 Å². The number of carbonyl (C=O) groups excluding carboxylic acids is 3. The first-order chi connectivity index (χ1) is 13.3. The van der Waals surface area contributed by atoms with E-state index >= 15 is 0 Å². The molecule has 1 saturated heterocycles. The average Bonchev–Trinajstić information content (AvgIpc) is 3.01. The second-order valence-corrected chi connectivity index (χ2v) is 6.55. The van der Waals surface area contributed by atoms with E-state index < -0.39 is 18.0 Å². The van der Waals surface area contributed by atoms with Crippen LogP contribution in [-0.2, 0) is 14.3 Å². The number of amidine groups is 1. The highest BCUT2D eigenvalue weighted by Crippen LogP contribution is 2.22. The smallest absolute Gasteiger partial charge is 0.315 e. The van der Waals surface area contributed by atoms with Gasteiger partial charge in [-0.1, -0.05) is 5.16 Å². The quantitative estimate of drug-likeness (QED) is 0.175. The minimum Gasteiger partial charge on any atom is -0.463 e. The van der Waals surface area contributed by atoms with Gasteiger partial charge in [0.1, 0.15) is 6.04 Å². The Morgan fingerprint density at radius 1 is 1.36 bits per heavy atom. The molecule has 0 radical (unpaired) electrons. The molecule has 152 valence electrons. The Morgan fingerprint density at radius 2 is 2.04 bits per heavy atom. The predicted octanol–water partition coefficient (Wildman–Crippen LogP) is 0.527. The number of urea groups is 1. The van der Waals surface area contributed by atoms with E-state index in [0.717, 1.165) is 0 Å². The number of hydrogen-bond donors (Lipinski definition) is 4. The van der Waals surface area contributed by atoms with Crippen molar-refractivity contribution in [3.8, 4) is 0 Å². The SMILES string of the molecule is CC(C)OC(=O)CCNC(=O)NC1CCN(c2ccc(C(N)=NO)cc2)C1=O. The second kappa shape index (κ2) is 9.58. The average molecular weight is 391 g/mol. The molecule has 1 unspecified atom stereocenters. The molecule has 0 aliphatic carbocycles.